The molecule has 1 fully saturated rings. The summed E-state index contributed by atoms with van der Waals surface area (Å²) < 4.78 is 0. The van der Waals surface area contributed by atoms with Gasteiger partial charge >= 0.3 is 6.03 Å². The molecule has 3 heterocycles. The van der Waals surface area contributed by atoms with Crippen LogP contribution in [0, 0.1) is 0 Å². The fourth-order valence-corrected chi connectivity index (χ4v) is 3.49. The van der Waals surface area contributed by atoms with Gasteiger partial charge in [0.15, 0.2) is 0 Å². The Bertz CT molecular complexity index is 992. The maximum Gasteiger partial charge on any atom is 0.320 e. The lowest BCUT2D eigenvalue weighted by Crippen LogP contribution is -2.52. The molecule has 29 heavy (non-hydrogen) atoms. The maximum absolute atomic E-state index is 12.8. The third-order valence-electron chi connectivity index (χ3n) is 4.95. The van der Waals surface area contributed by atoms with E-state index in [1.807, 2.05) is 12.1 Å². The second-order valence-corrected chi connectivity index (χ2v) is 6.91. The first-order valence-electron chi connectivity index (χ1n) is 9.23. The van der Waals surface area contributed by atoms with Gasteiger partial charge in [-0.2, -0.15) is 0 Å². The normalized spacial score (nSPS) is 18.3. The van der Waals surface area contributed by atoms with Crippen molar-refractivity contribution in [3.05, 3.63) is 59.3 Å². The van der Waals surface area contributed by atoms with Crippen molar-refractivity contribution < 1.29 is 19.2 Å². The lowest BCUT2D eigenvalue weighted by atomic mass is 10.0. The van der Waals surface area contributed by atoms with Gasteiger partial charge in [0, 0.05) is 31.3 Å². The SMILES string of the molecule is O=C1CCC(N2Cc3ccc(CNC(=O)Nc4ccccn4)cc3C2=O)C(=O)N1. The molecule has 148 valence electrons. The van der Waals surface area contributed by atoms with Crippen LogP contribution < -0.4 is 16.0 Å². The lowest BCUT2D eigenvalue weighted by molar-refractivity contribution is -0.136. The molecule has 0 bridgehead atoms. The molecule has 0 aliphatic carbocycles. The summed E-state index contributed by atoms with van der Waals surface area (Å²) in [5.41, 5.74) is 2.10. The average Bonchev–Trinajstić information content (AvgIpc) is 3.03. The van der Waals surface area contributed by atoms with Crippen LogP contribution in [-0.4, -0.2) is 39.7 Å². The van der Waals surface area contributed by atoms with E-state index < -0.39 is 18.0 Å². The van der Waals surface area contributed by atoms with Gasteiger partial charge in [-0.1, -0.05) is 18.2 Å². The number of nitrogens with one attached hydrogen (secondary N) is 3. The highest BCUT2D eigenvalue weighted by atomic mass is 16.2. The van der Waals surface area contributed by atoms with Crippen LogP contribution in [0.1, 0.15) is 34.3 Å². The Morgan fingerprint density at radius 3 is 2.83 bits per heavy atom. The number of anilines is 1. The zero-order chi connectivity index (χ0) is 20.4. The number of rotatable bonds is 4. The number of benzene rings is 1. The molecule has 4 rings (SSSR count). The van der Waals surface area contributed by atoms with E-state index in [0.29, 0.717) is 24.3 Å². The molecular weight excluding hydrogens is 374 g/mol. The minimum atomic E-state index is -0.640. The van der Waals surface area contributed by atoms with Gasteiger partial charge in [0.25, 0.3) is 5.91 Å². The van der Waals surface area contributed by atoms with E-state index in [-0.39, 0.29) is 24.8 Å². The van der Waals surface area contributed by atoms with Crippen molar-refractivity contribution >= 4 is 29.6 Å². The van der Waals surface area contributed by atoms with E-state index in [9.17, 15) is 19.2 Å². The van der Waals surface area contributed by atoms with Gasteiger partial charge in [0.1, 0.15) is 11.9 Å². The monoisotopic (exact) mass is 393 g/mol. The van der Waals surface area contributed by atoms with Crippen molar-refractivity contribution in [1.29, 1.82) is 0 Å². The standard InChI is InChI=1S/C20H19N5O4/c26-17-7-6-15(18(27)24-17)25-11-13-5-4-12(9-14(13)19(25)28)10-22-20(29)23-16-3-1-2-8-21-16/h1-5,8-9,15H,6-7,10-11H2,(H,24,26,27)(H2,21,22,23,29). The van der Waals surface area contributed by atoms with Gasteiger partial charge < -0.3 is 10.2 Å². The summed E-state index contributed by atoms with van der Waals surface area (Å²) in [6.07, 6.45) is 2.12. The first-order chi connectivity index (χ1) is 14.0. The largest absolute Gasteiger partial charge is 0.334 e. The minimum absolute atomic E-state index is 0.219. The highest BCUT2D eigenvalue weighted by molar-refractivity contribution is 6.05. The Hall–Kier alpha value is -3.75. The Kier molecular flexibility index (Phi) is 4.94. The van der Waals surface area contributed by atoms with Crippen molar-refractivity contribution in [1.82, 2.24) is 20.5 Å². The highest BCUT2D eigenvalue weighted by Gasteiger charge is 2.39. The molecule has 1 atom stereocenters. The Morgan fingerprint density at radius 1 is 1.21 bits per heavy atom. The van der Waals surface area contributed by atoms with Crippen molar-refractivity contribution in [3.63, 3.8) is 0 Å². The number of carbonyl (C=O) groups excluding carboxylic acids is 4. The molecule has 0 radical (unpaired) electrons. The van der Waals surface area contributed by atoms with E-state index in [1.165, 1.54) is 4.90 Å². The predicted octanol–water partition coefficient (Wildman–Crippen LogP) is 1.16. The molecule has 9 nitrogen and oxygen atoms in total. The zero-order valence-corrected chi connectivity index (χ0v) is 15.5. The molecular formula is C20H19N5O4. The molecule has 2 aromatic rings. The topological polar surface area (TPSA) is 120 Å². The van der Waals surface area contributed by atoms with Crippen LogP contribution in [-0.2, 0) is 22.7 Å². The summed E-state index contributed by atoms with van der Waals surface area (Å²) in [6.45, 7) is 0.561. The maximum atomic E-state index is 12.8. The molecule has 3 N–H and O–H groups in total. The predicted molar refractivity (Wildman–Crippen MR) is 103 cm³/mol. The van der Waals surface area contributed by atoms with Gasteiger partial charge in [0.05, 0.1) is 0 Å². The van der Waals surface area contributed by atoms with Gasteiger partial charge in [-0.3, -0.25) is 25.0 Å². The van der Waals surface area contributed by atoms with Crippen LogP contribution in [0.5, 0.6) is 0 Å². The Morgan fingerprint density at radius 2 is 2.07 bits per heavy atom. The third-order valence-corrected chi connectivity index (χ3v) is 4.95. The fraction of sp³-hybridized carbons (Fsp3) is 0.250. The molecule has 1 saturated heterocycles. The van der Waals surface area contributed by atoms with Gasteiger partial charge in [-0.05, 0) is 35.7 Å². The number of fused-ring (bicyclic) bond motifs is 1. The number of hydrogen-bond acceptors (Lipinski definition) is 5. The number of urea groups is 1. The molecule has 2 aliphatic rings. The number of aromatic nitrogens is 1. The fourth-order valence-electron chi connectivity index (χ4n) is 3.49. The van der Waals surface area contributed by atoms with E-state index >= 15 is 0 Å². The quantitative estimate of drug-likeness (QED) is 0.674. The third kappa shape index (κ3) is 3.93. The summed E-state index contributed by atoms with van der Waals surface area (Å²) >= 11 is 0. The van der Waals surface area contributed by atoms with Crippen molar-refractivity contribution in [3.8, 4) is 0 Å². The molecule has 5 amide bonds. The summed E-state index contributed by atoms with van der Waals surface area (Å²) in [6, 6.07) is 9.54. The van der Waals surface area contributed by atoms with Crippen LogP contribution in [0.15, 0.2) is 42.6 Å². The molecule has 0 saturated carbocycles. The second-order valence-electron chi connectivity index (χ2n) is 6.91. The Labute approximate surface area is 166 Å². The number of carbonyl (C=O) groups is 4. The van der Waals surface area contributed by atoms with Crippen molar-refractivity contribution in [2.75, 3.05) is 5.32 Å². The number of pyridine rings is 1. The molecule has 0 spiro atoms. The first-order valence-corrected chi connectivity index (χ1v) is 9.23. The smallest absolute Gasteiger partial charge is 0.320 e. The lowest BCUT2D eigenvalue weighted by Gasteiger charge is -2.29. The molecule has 9 heteroatoms. The van der Waals surface area contributed by atoms with Crippen LogP contribution in [0.4, 0.5) is 10.6 Å². The second kappa shape index (κ2) is 7.70. The summed E-state index contributed by atoms with van der Waals surface area (Å²) in [5, 5.41) is 7.63. The van der Waals surface area contributed by atoms with E-state index in [4.69, 9.17) is 0 Å². The number of nitrogens with zero attached hydrogens (tertiary/aromatic N) is 2. The van der Waals surface area contributed by atoms with Crippen LogP contribution in [0.25, 0.3) is 0 Å². The van der Waals surface area contributed by atoms with Gasteiger partial charge in [-0.15, -0.1) is 0 Å². The number of piperidine rings is 1. The first kappa shape index (κ1) is 18.6. The number of hydrogen-bond donors (Lipinski definition) is 3. The summed E-state index contributed by atoms with van der Waals surface area (Å²) in [4.78, 5) is 53.8. The van der Waals surface area contributed by atoms with E-state index in [2.05, 4.69) is 20.9 Å². The zero-order valence-electron chi connectivity index (χ0n) is 15.5. The summed E-state index contributed by atoms with van der Waals surface area (Å²) in [5.74, 6) is -0.550. The minimum Gasteiger partial charge on any atom is -0.334 e. The van der Waals surface area contributed by atoms with Crippen molar-refractivity contribution in [2.24, 2.45) is 0 Å². The van der Waals surface area contributed by atoms with Crippen LogP contribution in [0.3, 0.4) is 0 Å². The van der Waals surface area contributed by atoms with Gasteiger partial charge in [-0.25, -0.2) is 9.78 Å². The average molecular weight is 393 g/mol. The molecule has 1 aromatic carbocycles. The van der Waals surface area contributed by atoms with Crippen LogP contribution >= 0.6 is 0 Å². The van der Waals surface area contributed by atoms with Crippen LogP contribution in [0.2, 0.25) is 0 Å². The molecule has 2 aliphatic heterocycles. The van der Waals surface area contributed by atoms with E-state index in [1.54, 1.807) is 30.5 Å². The number of amides is 5. The Balaban J connectivity index is 1.39. The highest BCUT2D eigenvalue weighted by Crippen LogP contribution is 2.28. The molecule has 1 aromatic heterocycles. The number of imide groups is 1. The van der Waals surface area contributed by atoms with Crippen molar-refractivity contribution in [2.45, 2.75) is 32.0 Å². The molecule has 1 unspecified atom stereocenters. The van der Waals surface area contributed by atoms with E-state index in [0.717, 1.165) is 11.1 Å². The van der Waals surface area contributed by atoms with Gasteiger partial charge in [0.2, 0.25) is 11.8 Å². The summed E-state index contributed by atoms with van der Waals surface area (Å²) in [7, 11) is 0.